The quantitative estimate of drug-likeness (QED) is 0.0157. The molecule has 0 heterocycles. The van der Waals surface area contributed by atoms with Crippen LogP contribution in [0, 0.1) is 30.3 Å². The maximum atomic E-state index is 13.5. The van der Waals surface area contributed by atoms with Crippen LogP contribution < -0.4 is 25.3 Å². The maximum absolute atomic E-state index is 13.5. The van der Waals surface area contributed by atoms with E-state index in [4.69, 9.17) is 0 Å². The van der Waals surface area contributed by atoms with Crippen molar-refractivity contribution in [1.29, 1.82) is 0 Å². The minimum Gasteiger partial charge on any atom is -0.375 e. The van der Waals surface area contributed by atoms with Gasteiger partial charge in [0.2, 0.25) is 11.8 Å². The number of nitro groups is 3. The Labute approximate surface area is 643 Å². The van der Waals surface area contributed by atoms with Crippen LogP contribution >= 0.6 is 0 Å². The highest BCUT2D eigenvalue weighted by Gasteiger charge is 2.19. The van der Waals surface area contributed by atoms with E-state index in [-0.39, 0.29) is 58.8 Å². The molecule has 0 fully saturated rings. The Hall–Kier alpha value is -9.34. The fourth-order valence-corrected chi connectivity index (χ4v) is 13.3. The number of azo groups is 3. The molecule has 0 saturated heterocycles. The molecule has 6 aromatic carbocycles. The van der Waals surface area contributed by atoms with Crippen LogP contribution in [0.1, 0.15) is 256 Å². The lowest BCUT2D eigenvalue weighted by Gasteiger charge is -2.25. The molecule has 6 aromatic rings. The van der Waals surface area contributed by atoms with Gasteiger partial charge >= 0.3 is 0 Å². The highest BCUT2D eigenvalue weighted by Crippen LogP contribution is 2.35. The zero-order valence-corrected chi connectivity index (χ0v) is 65.7. The van der Waals surface area contributed by atoms with Gasteiger partial charge in [-0.1, -0.05) is 212 Å². The van der Waals surface area contributed by atoms with Crippen LogP contribution in [-0.2, 0) is 28.9 Å². The van der Waals surface area contributed by atoms with Crippen molar-refractivity contribution in [1.82, 2.24) is 10.6 Å². The van der Waals surface area contributed by atoms with E-state index in [0.29, 0.717) is 69.2 Å². The Bertz CT molecular complexity index is 3510. The smallest absolute Gasteiger partial charge is 0.296 e. The Balaban J connectivity index is 0.976. The number of hydrogen-bond acceptors (Lipinski definition) is 17. The number of anilines is 3. The summed E-state index contributed by atoms with van der Waals surface area (Å²) in [4.78, 5) is 68.3. The topological polar surface area (TPSA) is 272 Å². The van der Waals surface area contributed by atoms with Gasteiger partial charge in [-0.15, -0.1) is 15.3 Å². The molecule has 0 spiro atoms. The van der Waals surface area contributed by atoms with Gasteiger partial charge in [0.1, 0.15) is 0 Å². The second-order valence-electron chi connectivity index (χ2n) is 28.9. The number of unbranched alkanes of at least 4 members (excludes halogenated alkanes) is 27. The van der Waals surface area contributed by atoms with Crippen LogP contribution in [-0.4, -0.2) is 79.9 Å². The third kappa shape index (κ3) is 35.1. The summed E-state index contributed by atoms with van der Waals surface area (Å²) in [5.74, 6) is -0.283. The first kappa shape index (κ1) is 87.6. The minimum absolute atomic E-state index is 0.0545. The van der Waals surface area contributed by atoms with Crippen LogP contribution in [0.5, 0.6) is 0 Å². The van der Waals surface area contributed by atoms with E-state index in [0.717, 1.165) is 91.5 Å². The van der Waals surface area contributed by atoms with E-state index >= 15 is 0 Å². The van der Waals surface area contributed by atoms with Crippen LogP contribution in [0.4, 0.5) is 68.2 Å². The highest BCUT2D eigenvalue weighted by molar-refractivity contribution is 5.78. The molecule has 0 radical (unpaired) electrons. The molecule has 0 unspecified atom stereocenters. The number of carbonyl (C=O) groups is 2. The molecule has 586 valence electrons. The zero-order valence-electron chi connectivity index (χ0n) is 65.7. The molecule has 0 saturated carbocycles. The fraction of sp³-hybridized carbons (Fsp3) is 0.558. The molecule has 22 nitrogen and oxygen atoms in total. The number of rotatable bonds is 59. The Morgan fingerprint density at radius 2 is 0.583 bits per heavy atom. The summed E-state index contributed by atoms with van der Waals surface area (Å²) in [5.41, 5.74) is 7.38. The predicted octanol–water partition coefficient (Wildman–Crippen LogP) is 24.9. The van der Waals surface area contributed by atoms with Gasteiger partial charge in [-0.05, 0) is 159 Å². The van der Waals surface area contributed by atoms with Gasteiger partial charge in [0, 0.05) is 101 Å². The number of hydrogen-bond donors (Lipinski definition) is 2. The molecule has 2 N–H and O–H groups in total. The van der Waals surface area contributed by atoms with Gasteiger partial charge in [-0.3, -0.25) is 39.9 Å². The van der Waals surface area contributed by atoms with Gasteiger partial charge in [0.25, 0.3) is 17.1 Å². The van der Waals surface area contributed by atoms with Crippen molar-refractivity contribution < 1.29 is 24.4 Å². The number of nitrogens with one attached hydrogen (secondary N) is 2. The molecule has 2 amide bonds. The van der Waals surface area contributed by atoms with Gasteiger partial charge in [0.15, 0.2) is 17.1 Å². The standard InChI is InChI=1S/C86H124N14O8/c1-6-9-12-15-18-21-24-27-30-33-38-70-41-56-79(82(67-70)98(103)104)92-89-73-44-50-76(51-45-73)95(4)63-36-61-87-85(101)59-65-97(78-54-48-75(49-55-78)91-94-81-58-43-72(69-84(81)100(107)108)40-35-32-29-26-23-20-17-14-11-8-3)66-60-86(102)88-62-37-64-96(5)77-52-46-74(47-53-77)90-93-80-57-42-71(68-83(80)99(105)106)39-34-31-28-25-22-19-16-13-10-7-2/h41-58,67-69H,6-40,59-66H2,1-5H3,(H,87,101)(H,88,102). The Morgan fingerprint density at radius 3 is 0.852 bits per heavy atom. The lowest BCUT2D eigenvalue weighted by atomic mass is 10.0. The Morgan fingerprint density at radius 1 is 0.324 bits per heavy atom. The summed E-state index contributed by atoms with van der Waals surface area (Å²) in [6.07, 6.45) is 40.8. The van der Waals surface area contributed by atoms with Crippen molar-refractivity contribution in [3.63, 3.8) is 0 Å². The summed E-state index contributed by atoms with van der Waals surface area (Å²) in [6, 6.07) is 37.8. The van der Waals surface area contributed by atoms with Crippen LogP contribution in [0.15, 0.2) is 158 Å². The van der Waals surface area contributed by atoms with Crippen molar-refractivity contribution in [2.75, 3.05) is 68.1 Å². The summed E-state index contributed by atoms with van der Waals surface area (Å²) < 4.78 is 0. The molecule has 0 bridgehead atoms. The van der Waals surface area contributed by atoms with Crippen LogP contribution in [0.25, 0.3) is 0 Å². The van der Waals surface area contributed by atoms with Gasteiger partial charge in [-0.2, -0.15) is 15.3 Å². The van der Waals surface area contributed by atoms with E-state index < -0.39 is 14.8 Å². The maximum Gasteiger partial charge on any atom is 0.296 e. The second-order valence-corrected chi connectivity index (χ2v) is 28.9. The summed E-state index contributed by atoms with van der Waals surface area (Å²) >= 11 is 0. The summed E-state index contributed by atoms with van der Waals surface area (Å²) in [6.45, 7) is 9.50. The average Bonchev–Trinajstić information content (AvgIpc) is 0.851. The molecule has 22 heteroatoms. The van der Waals surface area contributed by atoms with E-state index in [2.05, 4.69) is 71.9 Å². The summed E-state index contributed by atoms with van der Waals surface area (Å²) in [7, 11) is 3.93. The monoisotopic (exact) mass is 1480 g/mol. The van der Waals surface area contributed by atoms with Crippen LogP contribution in [0.2, 0.25) is 0 Å². The Kier molecular flexibility index (Phi) is 42.7. The largest absolute Gasteiger partial charge is 0.375 e. The highest BCUT2D eigenvalue weighted by atomic mass is 16.6. The van der Waals surface area contributed by atoms with Crippen molar-refractivity contribution in [3.05, 3.63) is 174 Å². The molecule has 0 aliphatic rings. The van der Waals surface area contributed by atoms with Crippen LogP contribution in [0.3, 0.4) is 0 Å². The number of benzene rings is 6. The van der Waals surface area contributed by atoms with Gasteiger partial charge in [-0.25, -0.2) is 0 Å². The van der Waals surface area contributed by atoms with Crippen molar-refractivity contribution >= 4 is 80.1 Å². The molecular weight excluding hydrogens is 1360 g/mol. The molecule has 0 atom stereocenters. The summed E-state index contributed by atoms with van der Waals surface area (Å²) in [5, 5.41) is 68.4. The third-order valence-electron chi connectivity index (χ3n) is 20.0. The molecule has 0 aromatic heterocycles. The van der Waals surface area contributed by atoms with E-state index in [1.54, 1.807) is 48.5 Å². The van der Waals surface area contributed by atoms with E-state index in [1.165, 1.54) is 154 Å². The van der Waals surface area contributed by atoms with Crippen molar-refractivity contribution in [2.24, 2.45) is 30.7 Å². The van der Waals surface area contributed by atoms with E-state index in [9.17, 15) is 39.9 Å². The van der Waals surface area contributed by atoms with Gasteiger partial charge in [0.05, 0.1) is 31.8 Å². The molecule has 108 heavy (non-hydrogen) atoms. The normalized spacial score (nSPS) is 11.5. The predicted molar refractivity (Wildman–Crippen MR) is 441 cm³/mol. The average molecular weight is 1480 g/mol. The second kappa shape index (κ2) is 52.6. The molecule has 6 rings (SSSR count). The van der Waals surface area contributed by atoms with Crippen molar-refractivity contribution in [2.45, 2.75) is 258 Å². The minimum atomic E-state index is -0.412. The fourth-order valence-electron chi connectivity index (χ4n) is 13.3. The number of amides is 2. The van der Waals surface area contributed by atoms with E-state index in [1.807, 2.05) is 97.9 Å². The molecular formula is C86H124N14O8. The number of aryl methyl sites for hydroxylation is 3. The first-order valence-corrected chi connectivity index (χ1v) is 40.7. The number of nitrogens with zero attached hydrogens (tertiary/aromatic N) is 12. The third-order valence-corrected chi connectivity index (χ3v) is 20.0. The lowest BCUT2D eigenvalue weighted by Crippen LogP contribution is -2.35. The first-order valence-electron chi connectivity index (χ1n) is 40.7. The number of carbonyl (C=O) groups excluding carboxylic acids is 2. The first-order chi connectivity index (χ1) is 52.6. The van der Waals surface area contributed by atoms with Crippen molar-refractivity contribution in [3.8, 4) is 0 Å². The number of nitro benzene ring substituents is 3. The lowest BCUT2D eigenvalue weighted by molar-refractivity contribution is -0.384. The molecule has 0 aliphatic heterocycles. The molecule has 0 aliphatic carbocycles. The zero-order chi connectivity index (χ0) is 77.2. The van der Waals surface area contributed by atoms with Gasteiger partial charge < -0.3 is 25.3 Å². The SMILES string of the molecule is CCCCCCCCCCCCc1ccc(N=Nc2ccc(N(C)CCCNC(=O)CCN(CCC(=O)NCCCN(C)c3ccc(N=Nc4ccc(CCCCCCCCCCCC)cc4[N+](=O)[O-])cc3)c3ccc(N=Nc4ccc(CCCCCCCCCCCC)cc4[N+](=O)[O-])cc3)cc2)c([N+](=O)[O-])c1.